The molecule has 0 heterocycles. The third kappa shape index (κ3) is 6.02. The molecular weight excluding hydrogens is 324 g/mol. The van der Waals surface area contributed by atoms with Crippen LogP contribution in [0.3, 0.4) is 0 Å². The second kappa shape index (κ2) is 8.54. The van der Waals surface area contributed by atoms with Crippen molar-refractivity contribution in [2.45, 2.75) is 12.8 Å². The van der Waals surface area contributed by atoms with E-state index in [0.29, 0.717) is 11.3 Å². The zero-order valence-electron chi connectivity index (χ0n) is 13.6. The first-order valence-electron chi connectivity index (χ1n) is 7.55. The van der Waals surface area contributed by atoms with Crippen molar-refractivity contribution in [2.24, 2.45) is 0 Å². The molecule has 0 amide bonds. The number of hydrogen-bond donors (Lipinski definition) is 2. The monoisotopic (exact) mass is 342 g/mol. The molecule has 2 N–H and O–H groups in total. The Kier molecular flexibility index (Phi) is 6.17. The fraction of sp³-hybridized carbons (Fsp3) is 0.158. The van der Waals surface area contributed by atoms with Gasteiger partial charge in [-0.05, 0) is 35.4 Å². The van der Waals surface area contributed by atoms with Crippen LogP contribution < -0.4 is 4.74 Å². The van der Waals surface area contributed by atoms with Crippen molar-refractivity contribution >= 4 is 24.1 Å². The van der Waals surface area contributed by atoms with Crippen LogP contribution in [0.5, 0.6) is 17.2 Å². The molecule has 6 heteroatoms. The van der Waals surface area contributed by atoms with Gasteiger partial charge in [0.15, 0.2) is 0 Å². The molecule has 0 aliphatic rings. The lowest BCUT2D eigenvalue weighted by Crippen LogP contribution is -2.11. The molecular formula is C19H18O6. The second-order valence-electron chi connectivity index (χ2n) is 5.24. The van der Waals surface area contributed by atoms with Gasteiger partial charge in [0.1, 0.15) is 17.2 Å². The molecule has 6 nitrogen and oxygen atoms in total. The second-order valence-corrected chi connectivity index (χ2v) is 5.24. The van der Waals surface area contributed by atoms with E-state index in [1.807, 2.05) is 0 Å². The number of phenols is 2. The highest BCUT2D eigenvalue weighted by molar-refractivity contribution is 5.79. The predicted molar refractivity (Wildman–Crippen MR) is 92.0 cm³/mol. The van der Waals surface area contributed by atoms with E-state index in [-0.39, 0.29) is 24.3 Å². The molecule has 2 aromatic carbocycles. The fourth-order valence-electron chi connectivity index (χ4n) is 2.04. The molecule has 0 saturated carbocycles. The molecule has 2 aromatic rings. The minimum absolute atomic E-state index is 0.0196. The van der Waals surface area contributed by atoms with E-state index in [9.17, 15) is 19.8 Å². The van der Waals surface area contributed by atoms with Crippen LogP contribution in [0.15, 0.2) is 42.5 Å². The van der Waals surface area contributed by atoms with Crippen molar-refractivity contribution < 1.29 is 29.3 Å². The number of carbonyl (C=O) groups excluding carboxylic acids is 2. The molecule has 0 aliphatic carbocycles. The maximum absolute atomic E-state index is 11.6. The maximum atomic E-state index is 11.6. The van der Waals surface area contributed by atoms with E-state index >= 15 is 0 Å². The van der Waals surface area contributed by atoms with Crippen LogP contribution in [0.2, 0.25) is 0 Å². The Morgan fingerprint density at radius 2 is 1.44 bits per heavy atom. The first kappa shape index (κ1) is 18.1. The summed E-state index contributed by atoms with van der Waals surface area (Å²) >= 11 is 0. The Hall–Kier alpha value is -3.28. The molecule has 0 spiro atoms. The number of rotatable bonds is 6. The SMILES string of the molecule is COC(=O)CCC(=O)Oc1ccc(/C=C/c2cc(O)cc(O)c2)cc1. The highest BCUT2D eigenvalue weighted by Gasteiger charge is 2.08. The summed E-state index contributed by atoms with van der Waals surface area (Å²) in [7, 11) is 1.26. The van der Waals surface area contributed by atoms with Gasteiger partial charge in [0.25, 0.3) is 0 Å². The van der Waals surface area contributed by atoms with Crippen molar-refractivity contribution in [3.63, 3.8) is 0 Å². The lowest BCUT2D eigenvalue weighted by atomic mass is 10.1. The minimum Gasteiger partial charge on any atom is -0.508 e. The Morgan fingerprint density at radius 3 is 2.04 bits per heavy atom. The summed E-state index contributed by atoms with van der Waals surface area (Å²) in [4.78, 5) is 22.6. The van der Waals surface area contributed by atoms with Crippen LogP contribution in [-0.4, -0.2) is 29.3 Å². The lowest BCUT2D eigenvalue weighted by molar-refractivity contribution is -0.144. The summed E-state index contributed by atoms with van der Waals surface area (Å²) in [6.45, 7) is 0. The Labute approximate surface area is 144 Å². The van der Waals surface area contributed by atoms with Gasteiger partial charge in [-0.3, -0.25) is 9.59 Å². The molecule has 0 bridgehead atoms. The normalized spacial score (nSPS) is 10.6. The van der Waals surface area contributed by atoms with E-state index in [1.54, 1.807) is 36.4 Å². The number of aromatic hydroxyl groups is 2. The first-order valence-corrected chi connectivity index (χ1v) is 7.55. The van der Waals surface area contributed by atoms with Crippen molar-refractivity contribution in [1.82, 2.24) is 0 Å². The lowest BCUT2D eigenvalue weighted by Gasteiger charge is -2.04. The molecule has 2 rings (SSSR count). The van der Waals surface area contributed by atoms with Crippen LogP contribution in [0, 0.1) is 0 Å². The van der Waals surface area contributed by atoms with E-state index in [4.69, 9.17) is 4.74 Å². The third-order valence-corrected chi connectivity index (χ3v) is 3.27. The largest absolute Gasteiger partial charge is 0.508 e. The average molecular weight is 342 g/mol. The summed E-state index contributed by atoms with van der Waals surface area (Å²) in [5.74, 6) is -0.635. The summed E-state index contributed by atoms with van der Waals surface area (Å²) in [6.07, 6.45) is 3.45. The van der Waals surface area contributed by atoms with Crippen LogP contribution in [0.1, 0.15) is 24.0 Å². The van der Waals surface area contributed by atoms with Gasteiger partial charge in [-0.25, -0.2) is 0 Å². The summed E-state index contributed by atoms with van der Waals surface area (Å²) < 4.78 is 9.58. The van der Waals surface area contributed by atoms with Crippen LogP contribution in [0.25, 0.3) is 12.2 Å². The van der Waals surface area contributed by atoms with Gasteiger partial charge in [-0.2, -0.15) is 0 Å². The molecule has 0 saturated heterocycles. The average Bonchev–Trinajstić information content (AvgIpc) is 2.58. The van der Waals surface area contributed by atoms with Crippen LogP contribution in [-0.2, 0) is 14.3 Å². The van der Waals surface area contributed by atoms with Gasteiger partial charge >= 0.3 is 11.9 Å². The topological polar surface area (TPSA) is 93.1 Å². The summed E-state index contributed by atoms with van der Waals surface area (Å²) in [6, 6.07) is 11.1. The van der Waals surface area contributed by atoms with Crippen LogP contribution >= 0.6 is 0 Å². The van der Waals surface area contributed by atoms with E-state index in [1.165, 1.54) is 25.3 Å². The van der Waals surface area contributed by atoms with Gasteiger partial charge < -0.3 is 19.7 Å². The van der Waals surface area contributed by atoms with E-state index < -0.39 is 11.9 Å². The molecule has 0 unspecified atom stereocenters. The van der Waals surface area contributed by atoms with Crippen molar-refractivity contribution in [1.29, 1.82) is 0 Å². The van der Waals surface area contributed by atoms with Crippen LogP contribution in [0.4, 0.5) is 0 Å². The Morgan fingerprint density at radius 1 is 0.880 bits per heavy atom. The first-order chi connectivity index (χ1) is 12.0. The molecule has 130 valence electrons. The molecule has 0 fully saturated rings. The predicted octanol–water partition coefficient (Wildman–Crippen LogP) is 3.13. The van der Waals surface area contributed by atoms with Crippen molar-refractivity contribution in [2.75, 3.05) is 7.11 Å². The molecule has 0 atom stereocenters. The van der Waals surface area contributed by atoms with Gasteiger partial charge in [-0.15, -0.1) is 0 Å². The minimum atomic E-state index is -0.510. The Balaban J connectivity index is 1.94. The number of ether oxygens (including phenoxy) is 2. The number of esters is 2. The zero-order valence-corrected chi connectivity index (χ0v) is 13.6. The van der Waals surface area contributed by atoms with Gasteiger partial charge in [0, 0.05) is 6.07 Å². The van der Waals surface area contributed by atoms with E-state index in [2.05, 4.69) is 4.74 Å². The van der Waals surface area contributed by atoms with Gasteiger partial charge in [-0.1, -0.05) is 24.3 Å². The van der Waals surface area contributed by atoms with E-state index in [0.717, 1.165) is 5.56 Å². The van der Waals surface area contributed by atoms with Gasteiger partial charge in [0.2, 0.25) is 0 Å². The highest BCUT2D eigenvalue weighted by Crippen LogP contribution is 2.22. The zero-order chi connectivity index (χ0) is 18.2. The quantitative estimate of drug-likeness (QED) is 0.476. The third-order valence-electron chi connectivity index (χ3n) is 3.27. The molecule has 0 radical (unpaired) electrons. The number of phenolic OH excluding ortho intramolecular Hbond substituents is 2. The standard InChI is InChI=1S/C19H18O6/c1-24-18(22)8-9-19(23)25-17-6-4-13(5-7-17)2-3-14-10-15(20)12-16(21)11-14/h2-7,10-12,20-21H,8-9H2,1H3/b3-2+. The summed E-state index contributed by atoms with van der Waals surface area (Å²) in [5, 5.41) is 18.9. The molecule has 25 heavy (non-hydrogen) atoms. The summed E-state index contributed by atoms with van der Waals surface area (Å²) in [5.41, 5.74) is 1.49. The van der Waals surface area contributed by atoms with Crippen molar-refractivity contribution in [3.05, 3.63) is 53.6 Å². The van der Waals surface area contributed by atoms with Crippen molar-refractivity contribution in [3.8, 4) is 17.2 Å². The van der Waals surface area contributed by atoms with Gasteiger partial charge in [0.05, 0.1) is 20.0 Å². The number of carbonyl (C=O) groups is 2. The fourth-order valence-corrected chi connectivity index (χ4v) is 2.04. The maximum Gasteiger partial charge on any atom is 0.311 e. The molecule has 0 aromatic heterocycles. The molecule has 0 aliphatic heterocycles. The number of hydrogen-bond acceptors (Lipinski definition) is 6. The highest BCUT2D eigenvalue weighted by atomic mass is 16.5. The number of benzene rings is 2. The number of methoxy groups -OCH3 is 1. The smallest absolute Gasteiger partial charge is 0.311 e. The Bertz CT molecular complexity index is 757.